The van der Waals surface area contributed by atoms with Crippen molar-refractivity contribution in [3.63, 3.8) is 0 Å². The van der Waals surface area contributed by atoms with Crippen molar-refractivity contribution in [3.05, 3.63) is 58.1 Å². The molecule has 21 heavy (non-hydrogen) atoms. The van der Waals surface area contributed by atoms with Crippen molar-refractivity contribution in [2.45, 2.75) is 18.9 Å². The monoisotopic (exact) mass is 304 g/mol. The summed E-state index contributed by atoms with van der Waals surface area (Å²) in [6, 6.07) is 11.1. The first-order valence-corrected chi connectivity index (χ1v) is 7.34. The topological polar surface area (TPSA) is 38.7 Å². The summed E-state index contributed by atoms with van der Waals surface area (Å²) in [6.45, 7) is 0.764. The van der Waals surface area contributed by atoms with Gasteiger partial charge in [0.2, 0.25) is 0 Å². The number of hydrogen-bond acceptors (Lipinski definition) is 3. The van der Waals surface area contributed by atoms with Gasteiger partial charge in [0.15, 0.2) is 0 Å². The van der Waals surface area contributed by atoms with Crippen LogP contribution in [0.4, 0.5) is 0 Å². The Kier molecular flexibility index (Phi) is 4.04. The van der Waals surface area contributed by atoms with E-state index in [-0.39, 0.29) is 0 Å². The highest BCUT2D eigenvalue weighted by Gasteiger charge is 2.18. The molecule has 3 rings (SSSR count). The van der Waals surface area contributed by atoms with Gasteiger partial charge in [0, 0.05) is 10.6 Å². The average Bonchev–Trinajstić information content (AvgIpc) is 2.53. The zero-order valence-electron chi connectivity index (χ0n) is 11.8. The number of fused-ring (bicyclic) bond motifs is 1. The molecule has 0 aromatic heterocycles. The molecule has 0 fully saturated rings. The molecule has 2 aromatic rings. The molecule has 0 amide bonds. The Morgan fingerprint density at radius 3 is 2.90 bits per heavy atom. The Labute approximate surface area is 129 Å². The fraction of sp³-hybridized carbons (Fsp3) is 0.294. The highest BCUT2D eigenvalue weighted by molar-refractivity contribution is 6.30. The van der Waals surface area contributed by atoms with Crippen LogP contribution in [0.15, 0.2) is 36.4 Å². The maximum atomic E-state index is 10.6. The van der Waals surface area contributed by atoms with Gasteiger partial charge in [-0.15, -0.1) is 0 Å². The van der Waals surface area contributed by atoms with Gasteiger partial charge < -0.3 is 14.6 Å². The largest absolute Gasteiger partial charge is 0.496 e. The van der Waals surface area contributed by atoms with Gasteiger partial charge >= 0.3 is 0 Å². The van der Waals surface area contributed by atoms with Crippen molar-refractivity contribution in [3.8, 4) is 11.5 Å². The molecular formula is C17H17ClO3. The Balaban J connectivity index is 1.96. The van der Waals surface area contributed by atoms with Gasteiger partial charge in [-0.25, -0.2) is 0 Å². The average molecular weight is 305 g/mol. The zero-order chi connectivity index (χ0) is 14.8. The molecule has 0 spiro atoms. The summed E-state index contributed by atoms with van der Waals surface area (Å²) in [7, 11) is 1.57. The standard InChI is InChI=1S/C17H17ClO3/c1-20-16-10-13(18)5-6-14(16)17(19)12-4-7-15-11(9-12)3-2-8-21-15/h4-7,9-10,17,19H,2-3,8H2,1H3. The van der Waals surface area contributed by atoms with Crippen LogP contribution in [0.1, 0.15) is 29.2 Å². The number of methoxy groups -OCH3 is 1. The molecule has 0 saturated carbocycles. The van der Waals surface area contributed by atoms with Crippen molar-refractivity contribution < 1.29 is 14.6 Å². The molecule has 0 radical (unpaired) electrons. The quantitative estimate of drug-likeness (QED) is 0.938. The zero-order valence-corrected chi connectivity index (χ0v) is 12.6. The summed E-state index contributed by atoms with van der Waals surface area (Å²) in [5, 5.41) is 11.2. The molecule has 110 valence electrons. The number of rotatable bonds is 3. The third-order valence-electron chi connectivity index (χ3n) is 3.74. The summed E-state index contributed by atoms with van der Waals surface area (Å²) >= 11 is 5.96. The van der Waals surface area contributed by atoms with E-state index < -0.39 is 6.10 Å². The minimum absolute atomic E-state index is 0.585. The minimum atomic E-state index is -0.746. The van der Waals surface area contributed by atoms with E-state index in [0.29, 0.717) is 16.3 Å². The summed E-state index contributed by atoms with van der Waals surface area (Å²) in [5.74, 6) is 1.50. The van der Waals surface area contributed by atoms with Gasteiger partial charge in [0.25, 0.3) is 0 Å². The molecule has 4 heteroatoms. The van der Waals surface area contributed by atoms with Crippen molar-refractivity contribution in [1.29, 1.82) is 0 Å². The lowest BCUT2D eigenvalue weighted by Gasteiger charge is -2.20. The summed E-state index contributed by atoms with van der Waals surface area (Å²) < 4.78 is 10.9. The molecule has 0 saturated heterocycles. The fourth-order valence-electron chi connectivity index (χ4n) is 2.64. The number of benzene rings is 2. The van der Waals surface area contributed by atoms with Crippen molar-refractivity contribution >= 4 is 11.6 Å². The second-order valence-electron chi connectivity index (χ2n) is 5.11. The van der Waals surface area contributed by atoms with E-state index >= 15 is 0 Å². The van der Waals surface area contributed by atoms with Crippen LogP contribution in [-0.4, -0.2) is 18.8 Å². The highest BCUT2D eigenvalue weighted by atomic mass is 35.5. The van der Waals surface area contributed by atoms with Crippen molar-refractivity contribution in [2.75, 3.05) is 13.7 Å². The lowest BCUT2D eigenvalue weighted by atomic mass is 9.96. The Bertz CT molecular complexity index is 654. The van der Waals surface area contributed by atoms with E-state index in [4.69, 9.17) is 21.1 Å². The Hall–Kier alpha value is -1.71. The van der Waals surface area contributed by atoms with Crippen LogP contribution in [-0.2, 0) is 6.42 Å². The summed E-state index contributed by atoms with van der Waals surface area (Å²) in [5.41, 5.74) is 2.68. The van der Waals surface area contributed by atoms with Crippen molar-refractivity contribution in [2.24, 2.45) is 0 Å². The third kappa shape index (κ3) is 2.85. The van der Waals surface area contributed by atoms with Gasteiger partial charge in [0.05, 0.1) is 13.7 Å². The van der Waals surface area contributed by atoms with Crippen molar-refractivity contribution in [1.82, 2.24) is 0 Å². The summed E-state index contributed by atoms with van der Waals surface area (Å²) in [4.78, 5) is 0. The van der Waals surface area contributed by atoms with Crippen LogP contribution in [0, 0.1) is 0 Å². The maximum absolute atomic E-state index is 10.6. The first-order valence-electron chi connectivity index (χ1n) is 6.96. The molecule has 3 nitrogen and oxygen atoms in total. The number of halogens is 1. The number of aliphatic hydroxyl groups is 1. The predicted octanol–water partition coefficient (Wildman–Crippen LogP) is 3.76. The van der Waals surface area contributed by atoms with E-state index in [1.165, 1.54) is 0 Å². The Morgan fingerprint density at radius 2 is 2.10 bits per heavy atom. The van der Waals surface area contributed by atoms with Gasteiger partial charge in [-0.05, 0) is 48.2 Å². The minimum Gasteiger partial charge on any atom is -0.496 e. The third-order valence-corrected chi connectivity index (χ3v) is 3.97. The van der Waals surface area contributed by atoms with Gasteiger partial charge in [-0.3, -0.25) is 0 Å². The van der Waals surface area contributed by atoms with Crippen LogP contribution < -0.4 is 9.47 Å². The smallest absolute Gasteiger partial charge is 0.126 e. The van der Waals surface area contributed by atoms with E-state index in [1.807, 2.05) is 18.2 Å². The van der Waals surface area contributed by atoms with Crippen LogP contribution in [0.3, 0.4) is 0 Å². The van der Waals surface area contributed by atoms with Gasteiger partial charge in [0.1, 0.15) is 17.6 Å². The molecule has 1 aliphatic heterocycles. The van der Waals surface area contributed by atoms with Gasteiger partial charge in [-0.1, -0.05) is 23.7 Å². The molecule has 1 aliphatic rings. The molecule has 0 aliphatic carbocycles. The highest BCUT2D eigenvalue weighted by Crippen LogP contribution is 2.34. The molecular weight excluding hydrogens is 288 g/mol. The lowest BCUT2D eigenvalue weighted by Crippen LogP contribution is -2.10. The van der Waals surface area contributed by atoms with E-state index in [0.717, 1.165) is 36.3 Å². The molecule has 1 atom stereocenters. The number of aryl methyl sites for hydroxylation is 1. The maximum Gasteiger partial charge on any atom is 0.126 e. The number of aliphatic hydroxyl groups excluding tert-OH is 1. The predicted molar refractivity (Wildman–Crippen MR) is 82.3 cm³/mol. The molecule has 2 aromatic carbocycles. The van der Waals surface area contributed by atoms with E-state index in [1.54, 1.807) is 25.3 Å². The van der Waals surface area contributed by atoms with Crippen LogP contribution in [0.5, 0.6) is 11.5 Å². The Morgan fingerprint density at radius 1 is 1.24 bits per heavy atom. The number of ether oxygens (including phenoxy) is 2. The van der Waals surface area contributed by atoms with Gasteiger partial charge in [-0.2, -0.15) is 0 Å². The number of hydrogen-bond donors (Lipinski definition) is 1. The fourth-order valence-corrected chi connectivity index (χ4v) is 2.80. The first kappa shape index (κ1) is 14.2. The second-order valence-corrected chi connectivity index (χ2v) is 5.54. The molecule has 1 N–H and O–H groups in total. The van der Waals surface area contributed by atoms with Crippen LogP contribution in [0.25, 0.3) is 0 Å². The normalized spacial score (nSPS) is 15.0. The second kappa shape index (κ2) is 5.96. The lowest BCUT2D eigenvalue weighted by molar-refractivity contribution is 0.214. The SMILES string of the molecule is COc1cc(Cl)ccc1C(O)c1ccc2c(c1)CCCO2. The van der Waals surface area contributed by atoms with E-state index in [9.17, 15) is 5.11 Å². The van der Waals surface area contributed by atoms with Crippen LogP contribution >= 0.6 is 11.6 Å². The summed E-state index contributed by atoms with van der Waals surface area (Å²) in [6.07, 6.45) is 1.24. The molecule has 0 bridgehead atoms. The first-order chi connectivity index (χ1) is 10.2. The van der Waals surface area contributed by atoms with E-state index in [2.05, 4.69) is 0 Å². The molecule has 1 heterocycles. The van der Waals surface area contributed by atoms with Crippen LogP contribution in [0.2, 0.25) is 5.02 Å². The molecule has 1 unspecified atom stereocenters.